The zero-order valence-corrected chi connectivity index (χ0v) is 13.1. The lowest BCUT2D eigenvalue weighted by Gasteiger charge is -2.35. The molecule has 20 heavy (non-hydrogen) atoms. The van der Waals surface area contributed by atoms with Gasteiger partial charge in [-0.1, -0.05) is 19.3 Å². The van der Waals surface area contributed by atoms with Crippen LogP contribution in [0.15, 0.2) is 12.4 Å². The first-order chi connectivity index (χ1) is 9.63. The molecule has 1 N–H and O–H groups in total. The quantitative estimate of drug-likeness (QED) is 0.810. The minimum atomic E-state index is 0.116. The van der Waals surface area contributed by atoms with Crippen LogP contribution in [0.4, 0.5) is 5.82 Å². The van der Waals surface area contributed by atoms with E-state index in [2.05, 4.69) is 15.3 Å². The van der Waals surface area contributed by atoms with Crippen LogP contribution in [0.25, 0.3) is 0 Å². The second-order valence-corrected chi connectivity index (χ2v) is 6.22. The summed E-state index contributed by atoms with van der Waals surface area (Å²) in [6.45, 7) is 4.84. The van der Waals surface area contributed by atoms with Crippen molar-refractivity contribution >= 4 is 17.4 Å². The Morgan fingerprint density at radius 2 is 2.05 bits per heavy atom. The molecule has 1 aromatic rings. The third kappa shape index (κ3) is 4.23. The summed E-state index contributed by atoms with van der Waals surface area (Å²) in [5.74, 6) is 2.13. The lowest BCUT2D eigenvalue weighted by atomic mass is 9.75. The average molecular weight is 298 g/mol. The molecular formula is C15H24ClN3O. The van der Waals surface area contributed by atoms with Crippen LogP contribution in [-0.4, -0.2) is 28.5 Å². The Hall–Kier alpha value is -1.03. The Bertz CT molecular complexity index is 419. The van der Waals surface area contributed by atoms with Crippen molar-refractivity contribution < 1.29 is 4.74 Å². The molecule has 0 radical (unpaired) electrons. The molecule has 4 nitrogen and oxygen atoms in total. The van der Waals surface area contributed by atoms with Gasteiger partial charge in [0.2, 0.25) is 5.88 Å². The zero-order chi connectivity index (χ0) is 14.4. The highest BCUT2D eigenvalue weighted by molar-refractivity contribution is 6.18. The fourth-order valence-electron chi connectivity index (χ4n) is 2.68. The minimum absolute atomic E-state index is 0.116. The van der Waals surface area contributed by atoms with E-state index in [1.54, 1.807) is 0 Å². The third-order valence-electron chi connectivity index (χ3n) is 3.84. The van der Waals surface area contributed by atoms with E-state index in [1.807, 2.05) is 19.9 Å². The van der Waals surface area contributed by atoms with E-state index in [1.165, 1.54) is 38.4 Å². The summed E-state index contributed by atoms with van der Waals surface area (Å²) in [5, 5.41) is 3.40. The van der Waals surface area contributed by atoms with E-state index < -0.39 is 0 Å². The molecule has 5 heteroatoms. The summed E-state index contributed by atoms with van der Waals surface area (Å²) in [6, 6.07) is 1.85. The number of aromatic nitrogens is 2. The fraction of sp³-hybridized carbons (Fsp3) is 0.733. The second kappa shape index (κ2) is 7.11. The van der Waals surface area contributed by atoms with Crippen LogP contribution >= 0.6 is 11.6 Å². The summed E-state index contributed by atoms with van der Waals surface area (Å²) in [6.07, 6.45) is 7.94. The summed E-state index contributed by atoms with van der Waals surface area (Å²) in [5.41, 5.74) is 0.212. The van der Waals surface area contributed by atoms with E-state index in [4.69, 9.17) is 16.3 Å². The monoisotopic (exact) mass is 297 g/mol. The van der Waals surface area contributed by atoms with Gasteiger partial charge in [0.25, 0.3) is 0 Å². The molecule has 0 atom stereocenters. The molecule has 0 aliphatic heterocycles. The van der Waals surface area contributed by atoms with Crippen molar-refractivity contribution in [3.8, 4) is 5.88 Å². The number of alkyl halides is 1. The van der Waals surface area contributed by atoms with Crippen LogP contribution in [0, 0.1) is 5.41 Å². The molecule has 1 aliphatic carbocycles. The van der Waals surface area contributed by atoms with E-state index in [9.17, 15) is 0 Å². The molecule has 2 rings (SSSR count). The van der Waals surface area contributed by atoms with Gasteiger partial charge in [0.15, 0.2) is 0 Å². The van der Waals surface area contributed by atoms with Crippen molar-refractivity contribution in [2.45, 2.75) is 52.1 Å². The summed E-state index contributed by atoms with van der Waals surface area (Å²) >= 11 is 6.21. The standard InChI is InChI=1S/C15H24ClN3O/c1-12(2)20-14-8-13(18-11-19-14)17-10-15(9-16)6-4-3-5-7-15/h8,11-12H,3-7,9-10H2,1-2H3,(H,17,18,19). The van der Waals surface area contributed by atoms with Crippen LogP contribution in [0.1, 0.15) is 46.0 Å². The van der Waals surface area contributed by atoms with Gasteiger partial charge in [-0.3, -0.25) is 0 Å². The molecule has 0 aromatic carbocycles. The predicted molar refractivity (Wildman–Crippen MR) is 82.5 cm³/mol. The van der Waals surface area contributed by atoms with Gasteiger partial charge in [0, 0.05) is 23.9 Å². The van der Waals surface area contributed by atoms with Crippen LogP contribution in [-0.2, 0) is 0 Å². The maximum atomic E-state index is 6.21. The fourth-order valence-corrected chi connectivity index (χ4v) is 3.04. The van der Waals surface area contributed by atoms with Crippen LogP contribution in [0.3, 0.4) is 0 Å². The van der Waals surface area contributed by atoms with Gasteiger partial charge in [-0.05, 0) is 26.7 Å². The highest BCUT2D eigenvalue weighted by Gasteiger charge is 2.31. The maximum absolute atomic E-state index is 6.21. The van der Waals surface area contributed by atoms with Gasteiger partial charge in [0.05, 0.1) is 6.10 Å². The van der Waals surface area contributed by atoms with Crippen molar-refractivity contribution in [1.82, 2.24) is 9.97 Å². The molecular weight excluding hydrogens is 274 g/mol. The van der Waals surface area contributed by atoms with Crippen LogP contribution in [0.2, 0.25) is 0 Å². The Kier molecular flexibility index (Phi) is 5.46. The van der Waals surface area contributed by atoms with Crippen molar-refractivity contribution in [3.63, 3.8) is 0 Å². The number of rotatable bonds is 6. The SMILES string of the molecule is CC(C)Oc1cc(NCC2(CCl)CCCCC2)ncn1. The minimum Gasteiger partial charge on any atom is -0.475 e. The maximum Gasteiger partial charge on any atom is 0.218 e. The molecule has 1 aromatic heterocycles. The van der Waals surface area contributed by atoms with Crippen LogP contribution < -0.4 is 10.1 Å². The zero-order valence-electron chi connectivity index (χ0n) is 12.4. The Labute approximate surface area is 126 Å². The van der Waals surface area contributed by atoms with Gasteiger partial charge in [0.1, 0.15) is 12.1 Å². The average Bonchev–Trinajstić information content (AvgIpc) is 2.46. The van der Waals surface area contributed by atoms with Crippen molar-refractivity contribution in [3.05, 3.63) is 12.4 Å². The molecule has 0 spiro atoms. The van der Waals surface area contributed by atoms with Gasteiger partial charge in [-0.15, -0.1) is 11.6 Å². The molecule has 1 aliphatic rings. The lowest BCUT2D eigenvalue weighted by Crippen LogP contribution is -2.34. The largest absolute Gasteiger partial charge is 0.475 e. The molecule has 1 saturated carbocycles. The molecule has 0 unspecified atom stereocenters. The van der Waals surface area contributed by atoms with Crippen molar-refractivity contribution in [2.75, 3.05) is 17.7 Å². The normalized spacial score (nSPS) is 18.0. The molecule has 112 valence electrons. The first-order valence-corrected chi connectivity index (χ1v) is 7.96. The first kappa shape index (κ1) is 15.4. The smallest absolute Gasteiger partial charge is 0.218 e. The summed E-state index contributed by atoms with van der Waals surface area (Å²) < 4.78 is 5.58. The number of anilines is 1. The van der Waals surface area contributed by atoms with E-state index in [0.717, 1.165) is 12.4 Å². The Morgan fingerprint density at radius 3 is 2.70 bits per heavy atom. The van der Waals surface area contributed by atoms with E-state index >= 15 is 0 Å². The van der Waals surface area contributed by atoms with Gasteiger partial charge >= 0.3 is 0 Å². The number of nitrogens with zero attached hydrogens (tertiary/aromatic N) is 2. The molecule has 1 heterocycles. The number of halogens is 1. The Morgan fingerprint density at radius 1 is 1.30 bits per heavy atom. The summed E-state index contributed by atoms with van der Waals surface area (Å²) in [4.78, 5) is 8.36. The molecule has 1 fully saturated rings. The third-order valence-corrected chi connectivity index (χ3v) is 4.41. The lowest BCUT2D eigenvalue weighted by molar-refractivity contribution is 0.231. The van der Waals surface area contributed by atoms with Gasteiger partial charge in [-0.25, -0.2) is 9.97 Å². The number of hydrogen-bond donors (Lipinski definition) is 1. The topological polar surface area (TPSA) is 47.0 Å². The molecule has 0 saturated heterocycles. The molecule has 0 bridgehead atoms. The van der Waals surface area contributed by atoms with Crippen LogP contribution in [0.5, 0.6) is 5.88 Å². The number of hydrogen-bond acceptors (Lipinski definition) is 4. The summed E-state index contributed by atoms with van der Waals surface area (Å²) in [7, 11) is 0. The van der Waals surface area contributed by atoms with E-state index in [-0.39, 0.29) is 11.5 Å². The van der Waals surface area contributed by atoms with E-state index in [0.29, 0.717) is 11.8 Å². The Balaban J connectivity index is 1.95. The molecule has 0 amide bonds. The second-order valence-electron chi connectivity index (χ2n) is 5.96. The van der Waals surface area contributed by atoms with Crippen molar-refractivity contribution in [1.29, 1.82) is 0 Å². The van der Waals surface area contributed by atoms with Gasteiger partial charge in [-0.2, -0.15) is 0 Å². The predicted octanol–water partition coefficient (Wildman–Crippen LogP) is 3.87. The highest BCUT2D eigenvalue weighted by atomic mass is 35.5. The highest BCUT2D eigenvalue weighted by Crippen LogP contribution is 2.37. The number of nitrogens with one attached hydrogen (secondary N) is 1. The number of ether oxygens (including phenoxy) is 1. The first-order valence-electron chi connectivity index (χ1n) is 7.42. The van der Waals surface area contributed by atoms with Crippen molar-refractivity contribution in [2.24, 2.45) is 5.41 Å². The van der Waals surface area contributed by atoms with Gasteiger partial charge < -0.3 is 10.1 Å².